The van der Waals surface area contributed by atoms with E-state index in [2.05, 4.69) is 15.3 Å². The Labute approximate surface area is 155 Å². The molecule has 27 heavy (non-hydrogen) atoms. The summed E-state index contributed by atoms with van der Waals surface area (Å²) in [7, 11) is 1.33. The van der Waals surface area contributed by atoms with E-state index in [1.54, 1.807) is 6.07 Å². The Morgan fingerprint density at radius 1 is 1.15 bits per heavy atom. The number of alkyl halides is 2. The largest absolute Gasteiger partial charge is 0.493 e. The van der Waals surface area contributed by atoms with E-state index < -0.39 is 12.5 Å². The van der Waals surface area contributed by atoms with Crippen LogP contribution in [0.1, 0.15) is 16.7 Å². The number of methoxy groups -OCH3 is 1. The average molecular weight is 378 g/mol. The first-order chi connectivity index (χ1) is 12.9. The maximum Gasteiger partial charge on any atom is 0.387 e. The van der Waals surface area contributed by atoms with Crippen LogP contribution in [0.25, 0.3) is 0 Å². The minimum absolute atomic E-state index is 0.0875. The maximum absolute atomic E-state index is 12.3. The van der Waals surface area contributed by atoms with Gasteiger partial charge in [-0.2, -0.15) is 13.9 Å². The second-order valence-corrected chi connectivity index (χ2v) is 5.62. The summed E-state index contributed by atoms with van der Waals surface area (Å²) in [5, 5.41) is 3.80. The number of carbonyl (C=O) groups excluding carboxylic acids is 1. The Kier molecular flexibility index (Phi) is 7.10. The van der Waals surface area contributed by atoms with Gasteiger partial charge in [0.05, 0.1) is 13.3 Å². The predicted octanol–water partition coefficient (Wildman–Crippen LogP) is 3.44. The second-order valence-electron chi connectivity index (χ2n) is 5.62. The van der Waals surface area contributed by atoms with Crippen LogP contribution < -0.4 is 19.6 Å². The molecule has 2 aromatic rings. The second kappa shape index (κ2) is 9.51. The fourth-order valence-corrected chi connectivity index (χ4v) is 2.12. The fourth-order valence-electron chi connectivity index (χ4n) is 2.12. The summed E-state index contributed by atoms with van der Waals surface area (Å²) in [6, 6.07) is 9.84. The summed E-state index contributed by atoms with van der Waals surface area (Å²) in [5.41, 5.74) is 5.06. The number of hydrogen-bond donors (Lipinski definition) is 1. The quantitative estimate of drug-likeness (QED) is 0.564. The zero-order chi connectivity index (χ0) is 19.8. The Morgan fingerprint density at radius 2 is 1.93 bits per heavy atom. The number of rotatable bonds is 8. The van der Waals surface area contributed by atoms with Crippen LogP contribution in [0, 0.1) is 13.8 Å². The van der Waals surface area contributed by atoms with E-state index >= 15 is 0 Å². The van der Waals surface area contributed by atoms with Gasteiger partial charge in [0.1, 0.15) is 5.75 Å². The standard InChI is InChI=1S/C19H20F2N2O4/c1-12-4-6-15(8-13(12)2)26-11-18(24)23-22-10-14-5-7-16(27-19(20)21)17(9-14)25-3/h4-10,19H,11H2,1-3H3,(H,23,24)/b22-10-. The third-order valence-corrected chi connectivity index (χ3v) is 3.65. The van der Waals surface area contributed by atoms with Gasteiger partial charge in [-0.1, -0.05) is 6.07 Å². The molecule has 0 spiro atoms. The van der Waals surface area contributed by atoms with Crippen molar-refractivity contribution in [2.24, 2.45) is 5.10 Å². The molecule has 0 saturated heterocycles. The number of nitrogens with zero attached hydrogens (tertiary/aromatic N) is 1. The van der Waals surface area contributed by atoms with Gasteiger partial charge in [-0.05, 0) is 60.9 Å². The van der Waals surface area contributed by atoms with Crippen molar-refractivity contribution in [3.05, 3.63) is 53.1 Å². The highest BCUT2D eigenvalue weighted by Gasteiger charge is 2.10. The zero-order valence-corrected chi connectivity index (χ0v) is 15.2. The molecule has 1 N–H and O–H groups in total. The summed E-state index contributed by atoms with van der Waals surface area (Å²) in [6.07, 6.45) is 1.35. The monoisotopic (exact) mass is 378 g/mol. The highest BCUT2D eigenvalue weighted by molar-refractivity contribution is 5.83. The number of aryl methyl sites for hydroxylation is 2. The van der Waals surface area contributed by atoms with Crippen molar-refractivity contribution in [1.29, 1.82) is 0 Å². The molecule has 0 aliphatic heterocycles. The van der Waals surface area contributed by atoms with Crippen molar-refractivity contribution >= 4 is 12.1 Å². The molecule has 144 valence electrons. The van der Waals surface area contributed by atoms with E-state index in [-0.39, 0.29) is 18.1 Å². The van der Waals surface area contributed by atoms with Gasteiger partial charge < -0.3 is 14.2 Å². The van der Waals surface area contributed by atoms with Crippen molar-refractivity contribution < 1.29 is 27.8 Å². The molecular weight excluding hydrogens is 358 g/mol. The molecule has 0 atom stereocenters. The minimum Gasteiger partial charge on any atom is -0.493 e. The Morgan fingerprint density at radius 3 is 2.59 bits per heavy atom. The van der Waals surface area contributed by atoms with E-state index in [4.69, 9.17) is 9.47 Å². The number of amides is 1. The molecule has 2 rings (SSSR count). The van der Waals surface area contributed by atoms with Gasteiger partial charge in [-0.25, -0.2) is 5.43 Å². The minimum atomic E-state index is -2.95. The van der Waals surface area contributed by atoms with Crippen LogP contribution in [0.5, 0.6) is 17.2 Å². The summed E-state index contributed by atoms with van der Waals surface area (Å²) >= 11 is 0. The Balaban J connectivity index is 1.88. The van der Waals surface area contributed by atoms with Gasteiger partial charge in [0.15, 0.2) is 18.1 Å². The highest BCUT2D eigenvalue weighted by atomic mass is 19.3. The predicted molar refractivity (Wildman–Crippen MR) is 96.8 cm³/mol. The van der Waals surface area contributed by atoms with Crippen LogP contribution in [0.3, 0.4) is 0 Å². The van der Waals surface area contributed by atoms with Crippen molar-refractivity contribution in [1.82, 2.24) is 5.43 Å². The van der Waals surface area contributed by atoms with Gasteiger partial charge in [0.2, 0.25) is 0 Å². The number of ether oxygens (including phenoxy) is 3. The lowest BCUT2D eigenvalue weighted by Gasteiger charge is -2.10. The zero-order valence-electron chi connectivity index (χ0n) is 15.2. The number of hydrogen-bond acceptors (Lipinski definition) is 5. The topological polar surface area (TPSA) is 69.2 Å². The molecule has 2 aromatic carbocycles. The molecule has 0 fully saturated rings. The van der Waals surface area contributed by atoms with Gasteiger partial charge in [0, 0.05) is 0 Å². The van der Waals surface area contributed by atoms with E-state index in [9.17, 15) is 13.6 Å². The smallest absolute Gasteiger partial charge is 0.387 e. The first-order valence-electron chi connectivity index (χ1n) is 8.04. The number of halogens is 2. The summed E-state index contributed by atoms with van der Waals surface area (Å²) < 4.78 is 39.3. The van der Waals surface area contributed by atoms with Crippen molar-refractivity contribution in [2.45, 2.75) is 20.5 Å². The molecule has 6 nitrogen and oxygen atoms in total. The third-order valence-electron chi connectivity index (χ3n) is 3.65. The van der Waals surface area contributed by atoms with Crippen LogP contribution in [-0.4, -0.2) is 32.4 Å². The molecule has 0 saturated carbocycles. The molecule has 0 aliphatic rings. The molecular formula is C19H20F2N2O4. The SMILES string of the molecule is COc1cc(/C=N\NC(=O)COc2ccc(C)c(C)c2)ccc1OC(F)F. The van der Waals surface area contributed by atoms with E-state index in [1.807, 2.05) is 26.0 Å². The molecule has 1 amide bonds. The lowest BCUT2D eigenvalue weighted by atomic mass is 10.1. The lowest BCUT2D eigenvalue weighted by molar-refractivity contribution is -0.123. The van der Waals surface area contributed by atoms with Crippen LogP contribution >= 0.6 is 0 Å². The Hall–Kier alpha value is -3.16. The summed E-state index contributed by atoms with van der Waals surface area (Å²) in [6.45, 7) is 0.805. The van der Waals surface area contributed by atoms with Crippen molar-refractivity contribution in [3.63, 3.8) is 0 Å². The van der Waals surface area contributed by atoms with Crippen LogP contribution in [0.2, 0.25) is 0 Å². The summed E-state index contributed by atoms with van der Waals surface area (Å²) in [5.74, 6) is 0.199. The van der Waals surface area contributed by atoms with Crippen LogP contribution in [0.15, 0.2) is 41.5 Å². The van der Waals surface area contributed by atoms with Crippen molar-refractivity contribution in [3.8, 4) is 17.2 Å². The first kappa shape index (κ1) is 20.2. The molecule has 0 radical (unpaired) electrons. The molecule has 8 heteroatoms. The van der Waals surface area contributed by atoms with Gasteiger partial charge >= 0.3 is 6.61 Å². The number of carbonyl (C=O) groups is 1. The normalized spacial score (nSPS) is 10.9. The fraction of sp³-hybridized carbons (Fsp3) is 0.263. The number of benzene rings is 2. The van der Waals surface area contributed by atoms with Gasteiger partial charge in [-0.3, -0.25) is 4.79 Å². The third kappa shape index (κ3) is 6.25. The Bertz CT molecular complexity index is 825. The van der Waals surface area contributed by atoms with E-state index in [1.165, 1.54) is 31.5 Å². The average Bonchev–Trinajstić information content (AvgIpc) is 2.63. The molecule has 0 unspecified atom stereocenters. The van der Waals surface area contributed by atoms with E-state index in [0.717, 1.165) is 11.1 Å². The first-order valence-corrected chi connectivity index (χ1v) is 8.04. The number of hydrazone groups is 1. The molecule has 0 bridgehead atoms. The number of nitrogens with one attached hydrogen (secondary N) is 1. The van der Waals surface area contributed by atoms with Gasteiger partial charge in [0.25, 0.3) is 5.91 Å². The lowest BCUT2D eigenvalue weighted by Crippen LogP contribution is -2.24. The highest BCUT2D eigenvalue weighted by Crippen LogP contribution is 2.28. The van der Waals surface area contributed by atoms with Crippen LogP contribution in [-0.2, 0) is 4.79 Å². The van der Waals surface area contributed by atoms with Gasteiger partial charge in [-0.15, -0.1) is 0 Å². The van der Waals surface area contributed by atoms with Crippen LogP contribution in [0.4, 0.5) is 8.78 Å². The summed E-state index contributed by atoms with van der Waals surface area (Å²) in [4.78, 5) is 11.8. The molecule has 0 aromatic heterocycles. The van der Waals surface area contributed by atoms with E-state index in [0.29, 0.717) is 11.3 Å². The molecule has 0 aliphatic carbocycles. The molecule has 0 heterocycles. The van der Waals surface area contributed by atoms with Crippen molar-refractivity contribution in [2.75, 3.05) is 13.7 Å². The maximum atomic E-state index is 12.3.